The van der Waals surface area contributed by atoms with Crippen molar-refractivity contribution in [3.8, 4) is 0 Å². The molecule has 4 rings (SSSR count). The third-order valence-corrected chi connectivity index (χ3v) is 8.42. The molecule has 0 saturated heterocycles. The highest BCUT2D eigenvalue weighted by Crippen LogP contribution is 2.65. The smallest absolute Gasteiger partial charge is 0.139 e. The van der Waals surface area contributed by atoms with Crippen LogP contribution >= 0.6 is 0 Å². The molecule has 0 spiro atoms. The topological polar surface area (TPSA) is 43.1 Å². The molecule has 4 aliphatic carbocycles. The van der Waals surface area contributed by atoms with E-state index in [1.165, 1.54) is 44.9 Å². The summed E-state index contributed by atoms with van der Waals surface area (Å²) in [4.78, 5) is 12.4. The van der Waals surface area contributed by atoms with E-state index in [4.69, 9.17) is 5.73 Å². The number of rotatable bonds is 0. The number of carbonyl (C=O) groups is 1. The number of hydrogen-bond donors (Lipinski definition) is 1. The van der Waals surface area contributed by atoms with Gasteiger partial charge in [0.2, 0.25) is 0 Å². The van der Waals surface area contributed by atoms with E-state index in [1.807, 2.05) is 0 Å². The van der Waals surface area contributed by atoms with E-state index in [0.29, 0.717) is 23.2 Å². The average molecular weight is 289 g/mol. The molecule has 2 nitrogen and oxygen atoms in total. The second-order valence-corrected chi connectivity index (χ2v) is 9.11. The van der Waals surface area contributed by atoms with Gasteiger partial charge in [-0.3, -0.25) is 4.79 Å². The quantitative estimate of drug-likeness (QED) is 0.734. The molecule has 7 atom stereocenters. The van der Waals surface area contributed by atoms with Crippen LogP contribution in [0.4, 0.5) is 0 Å². The zero-order valence-corrected chi connectivity index (χ0v) is 13.7. The van der Waals surface area contributed by atoms with Crippen LogP contribution in [-0.2, 0) is 4.79 Å². The Labute approximate surface area is 129 Å². The van der Waals surface area contributed by atoms with Crippen LogP contribution < -0.4 is 5.73 Å². The molecule has 4 aliphatic rings. The minimum atomic E-state index is 0.0371. The predicted octanol–water partition coefficient (Wildman–Crippen LogP) is 3.93. The van der Waals surface area contributed by atoms with Gasteiger partial charge in [-0.2, -0.15) is 0 Å². The maximum absolute atomic E-state index is 12.4. The van der Waals surface area contributed by atoms with E-state index in [2.05, 4.69) is 13.8 Å². The maximum Gasteiger partial charge on any atom is 0.139 e. The van der Waals surface area contributed by atoms with Gasteiger partial charge in [-0.25, -0.2) is 0 Å². The van der Waals surface area contributed by atoms with Gasteiger partial charge in [-0.1, -0.05) is 13.8 Å². The molecule has 118 valence electrons. The van der Waals surface area contributed by atoms with Crippen molar-refractivity contribution in [2.24, 2.45) is 40.2 Å². The molecule has 21 heavy (non-hydrogen) atoms. The molecular formula is C19H31NO. The molecule has 0 heterocycles. The number of Topliss-reactive ketones (excluding diaryl/α,β-unsaturated/α-hetero) is 1. The van der Waals surface area contributed by atoms with Gasteiger partial charge in [-0.15, -0.1) is 0 Å². The minimum Gasteiger partial charge on any atom is -0.328 e. The third kappa shape index (κ3) is 1.84. The standard InChI is InChI=1S/C19H31NO/c1-18-9-7-13(20)11-12(18)3-4-14-15-5-6-17(21)19(15,2)10-8-16(14)18/h12-16H,3-11,20H2,1-2H3/t12?,13?,14-,15-,16+,18-,19-/m0/s1. The van der Waals surface area contributed by atoms with Crippen LogP contribution in [0.1, 0.15) is 71.6 Å². The summed E-state index contributed by atoms with van der Waals surface area (Å²) in [6.45, 7) is 4.86. The Morgan fingerprint density at radius 3 is 2.62 bits per heavy atom. The molecule has 2 unspecified atom stereocenters. The number of hydrogen-bond acceptors (Lipinski definition) is 2. The molecule has 0 bridgehead atoms. The highest BCUT2D eigenvalue weighted by Gasteiger charge is 2.59. The molecule has 2 N–H and O–H groups in total. The van der Waals surface area contributed by atoms with Crippen molar-refractivity contribution in [1.29, 1.82) is 0 Å². The zero-order chi connectivity index (χ0) is 14.8. The van der Waals surface area contributed by atoms with E-state index < -0.39 is 0 Å². The van der Waals surface area contributed by atoms with Crippen molar-refractivity contribution in [2.75, 3.05) is 0 Å². The van der Waals surface area contributed by atoms with Crippen LogP contribution in [0.3, 0.4) is 0 Å². The number of fused-ring (bicyclic) bond motifs is 5. The highest BCUT2D eigenvalue weighted by molar-refractivity contribution is 5.87. The summed E-state index contributed by atoms with van der Waals surface area (Å²) in [7, 11) is 0. The lowest BCUT2D eigenvalue weighted by molar-refractivity contribution is -0.139. The Hall–Kier alpha value is -0.370. The summed E-state index contributed by atoms with van der Waals surface area (Å²) in [5.41, 5.74) is 6.81. The van der Waals surface area contributed by atoms with E-state index in [9.17, 15) is 4.79 Å². The maximum atomic E-state index is 12.4. The van der Waals surface area contributed by atoms with Gasteiger partial charge in [0, 0.05) is 17.9 Å². The Bertz CT molecular complexity index is 460. The van der Waals surface area contributed by atoms with Crippen LogP contribution in [0.25, 0.3) is 0 Å². The van der Waals surface area contributed by atoms with Gasteiger partial charge in [0.05, 0.1) is 0 Å². The van der Waals surface area contributed by atoms with Crippen molar-refractivity contribution < 1.29 is 4.79 Å². The van der Waals surface area contributed by atoms with E-state index in [0.717, 1.165) is 30.6 Å². The second-order valence-electron chi connectivity index (χ2n) is 9.11. The fourth-order valence-corrected chi connectivity index (χ4v) is 7.06. The molecule has 4 saturated carbocycles. The highest BCUT2D eigenvalue weighted by atomic mass is 16.1. The summed E-state index contributed by atoms with van der Waals surface area (Å²) >= 11 is 0. The summed E-state index contributed by atoms with van der Waals surface area (Å²) in [6, 6.07) is 0.446. The molecule has 2 heteroatoms. The number of nitrogens with two attached hydrogens (primary N) is 1. The van der Waals surface area contributed by atoms with Crippen molar-refractivity contribution in [2.45, 2.75) is 77.7 Å². The molecule has 0 radical (unpaired) electrons. The SMILES string of the molecule is C[C@]12CCC(N)CC1CC[C@@H]1[C@H]2CC[C@]2(C)C(=O)CC[C@@H]12. The molecule has 0 aromatic heterocycles. The number of carbonyl (C=O) groups excluding carboxylic acids is 1. The first-order valence-corrected chi connectivity index (χ1v) is 9.24. The first-order valence-electron chi connectivity index (χ1n) is 9.24. The summed E-state index contributed by atoms with van der Waals surface area (Å²) in [6.07, 6.45) is 11.0. The first kappa shape index (κ1) is 14.2. The lowest BCUT2D eigenvalue weighted by Gasteiger charge is -2.60. The normalized spacial score (nSPS) is 56.5. The third-order valence-electron chi connectivity index (χ3n) is 8.42. The van der Waals surface area contributed by atoms with Crippen LogP contribution in [0.5, 0.6) is 0 Å². The zero-order valence-electron chi connectivity index (χ0n) is 13.7. The molecular weight excluding hydrogens is 258 g/mol. The largest absolute Gasteiger partial charge is 0.328 e. The molecule has 0 amide bonds. The fourth-order valence-electron chi connectivity index (χ4n) is 7.06. The fraction of sp³-hybridized carbons (Fsp3) is 0.947. The summed E-state index contributed by atoms with van der Waals surface area (Å²) in [5.74, 6) is 3.81. The molecule has 0 aromatic carbocycles. The van der Waals surface area contributed by atoms with E-state index in [1.54, 1.807) is 0 Å². The molecule has 0 aliphatic heterocycles. The Morgan fingerprint density at radius 2 is 1.81 bits per heavy atom. The van der Waals surface area contributed by atoms with Crippen LogP contribution in [0.15, 0.2) is 0 Å². The van der Waals surface area contributed by atoms with E-state index in [-0.39, 0.29) is 5.41 Å². The monoisotopic (exact) mass is 289 g/mol. The van der Waals surface area contributed by atoms with Gasteiger partial charge < -0.3 is 5.73 Å². The van der Waals surface area contributed by atoms with Crippen LogP contribution in [-0.4, -0.2) is 11.8 Å². The van der Waals surface area contributed by atoms with E-state index >= 15 is 0 Å². The molecule has 4 fully saturated rings. The minimum absolute atomic E-state index is 0.0371. The van der Waals surface area contributed by atoms with Crippen LogP contribution in [0, 0.1) is 34.5 Å². The Morgan fingerprint density at radius 1 is 1.00 bits per heavy atom. The Kier molecular flexibility index (Phi) is 3.10. The summed E-state index contributed by atoms with van der Waals surface area (Å²) in [5, 5.41) is 0. The second kappa shape index (κ2) is 4.57. The lowest BCUT2D eigenvalue weighted by Crippen LogP contribution is -2.54. The van der Waals surface area contributed by atoms with Crippen molar-refractivity contribution in [3.05, 3.63) is 0 Å². The summed E-state index contributed by atoms with van der Waals surface area (Å²) < 4.78 is 0. The van der Waals surface area contributed by atoms with Gasteiger partial charge in [0.15, 0.2) is 0 Å². The molecule has 0 aromatic rings. The van der Waals surface area contributed by atoms with Crippen molar-refractivity contribution >= 4 is 5.78 Å². The van der Waals surface area contributed by atoms with Gasteiger partial charge in [0.25, 0.3) is 0 Å². The van der Waals surface area contributed by atoms with Crippen LogP contribution in [0.2, 0.25) is 0 Å². The lowest BCUT2D eigenvalue weighted by atomic mass is 9.45. The average Bonchev–Trinajstić information content (AvgIpc) is 2.76. The van der Waals surface area contributed by atoms with Crippen molar-refractivity contribution in [1.82, 2.24) is 0 Å². The van der Waals surface area contributed by atoms with Crippen molar-refractivity contribution in [3.63, 3.8) is 0 Å². The van der Waals surface area contributed by atoms with Gasteiger partial charge in [0.1, 0.15) is 5.78 Å². The van der Waals surface area contributed by atoms with Gasteiger partial charge >= 0.3 is 0 Å². The Balaban J connectivity index is 1.64. The first-order chi connectivity index (χ1) is 9.95. The predicted molar refractivity (Wildman–Crippen MR) is 84.7 cm³/mol. The number of ketones is 1. The van der Waals surface area contributed by atoms with Gasteiger partial charge in [-0.05, 0) is 80.5 Å².